The molecule has 1 aromatic rings. The first-order chi connectivity index (χ1) is 12.3. The van der Waals surface area contributed by atoms with E-state index in [0.717, 1.165) is 24.0 Å². The smallest absolute Gasteiger partial charge is 0.165 e. The molecule has 2 aliphatic carbocycles. The third kappa shape index (κ3) is 3.14. The second-order valence-electron chi connectivity index (χ2n) is 7.78. The molecule has 0 unspecified atom stereocenters. The van der Waals surface area contributed by atoms with Crippen LogP contribution in [-0.2, 0) is 6.42 Å². The maximum absolute atomic E-state index is 11.1. The van der Waals surface area contributed by atoms with Crippen molar-refractivity contribution in [1.29, 1.82) is 0 Å². The Kier molecular flexibility index (Phi) is 4.90. The highest BCUT2D eigenvalue weighted by atomic mass is 32.2. The Morgan fingerprint density at radius 2 is 2.00 bits per heavy atom. The number of thioether (sulfide) groups is 1. The van der Waals surface area contributed by atoms with Gasteiger partial charge in [0, 0.05) is 17.4 Å². The summed E-state index contributed by atoms with van der Waals surface area (Å²) in [6, 6.07) is 6.61. The van der Waals surface area contributed by atoms with Gasteiger partial charge < -0.3 is 4.90 Å². The van der Waals surface area contributed by atoms with Crippen LogP contribution in [-0.4, -0.2) is 33.7 Å². The topological polar surface area (TPSA) is 32.7 Å². The molecule has 0 bridgehead atoms. The van der Waals surface area contributed by atoms with E-state index in [-0.39, 0.29) is 0 Å². The third-order valence-electron chi connectivity index (χ3n) is 6.25. The maximum atomic E-state index is 11.1. The summed E-state index contributed by atoms with van der Waals surface area (Å²) in [5.41, 5.74) is 3.35. The lowest BCUT2D eigenvalue weighted by atomic mass is 9.95. The summed E-state index contributed by atoms with van der Waals surface area (Å²) in [4.78, 5) is 19.0. The fraction of sp³-hybridized carbons (Fsp3) is 0.619. The molecule has 1 heterocycles. The van der Waals surface area contributed by atoms with E-state index in [1.165, 1.54) is 67.9 Å². The average Bonchev–Trinajstić information content (AvgIpc) is 3.38. The number of hydrogen-bond acceptors (Lipinski definition) is 3. The summed E-state index contributed by atoms with van der Waals surface area (Å²) < 4.78 is 0. The van der Waals surface area contributed by atoms with Gasteiger partial charge in [-0.2, -0.15) is 0 Å². The molecule has 1 aliphatic heterocycles. The number of hydrogen-bond donors (Lipinski definition) is 0. The standard InChI is InChI=1S/C21H28N2OS/c1-2-17-13-16(14-24)9-10-19(17)22-20-23(18-7-3-4-8-18)21(15-25-20)11-5-6-12-21/h9-10,13-14,18H,2-8,11-12,15H2,1H3. The predicted molar refractivity (Wildman–Crippen MR) is 106 cm³/mol. The van der Waals surface area contributed by atoms with Gasteiger partial charge in [-0.25, -0.2) is 4.99 Å². The first-order valence-corrected chi connectivity index (χ1v) is 10.8. The quantitative estimate of drug-likeness (QED) is 0.681. The average molecular weight is 357 g/mol. The summed E-state index contributed by atoms with van der Waals surface area (Å²) >= 11 is 1.96. The van der Waals surface area contributed by atoms with E-state index in [1.807, 2.05) is 30.0 Å². The van der Waals surface area contributed by atoms with E-state index in [2.05, 4.69) is 11.8 Å². The monoisotopic (exact) mass is 356 g/mol. The normalized spacial score (nSPS) is 24.7. The lowest BCUT2D eigenvalue weighted by molar-refractivity contribution is 0.112. The number of benzene rings is 1. The van der Waals surface area contributed by atoms with Crippen LogP contribution >= 0.6 is 11.8 Å². The van der Waals surface area contributed by atoms with Crippen LogP contribution in [0.1, 0.15) is 74.2 Å². The molecule has 3 aliphatic rings. The predicted octanol–water partition coefficient (Wildman–Crippen LogP) is 5.35. The number of amidine groups is 1. The Morgan fingerprint density at radius 3 is 2.68 bits per heavy atom. The molecule has 0 amide bonds. The Bertz CT molecular complexity index is 672. The zero-order valence-corrected chi connectivity index (χ0v) is 16.0. The highest BCUT2D eigenvalue weighted by Gasteiger charge is 2.49. The maximum Gasteiger partial charge on any atom is 0.165 e. The number of aliphatic imine (C=N–C) groups is 1. The van der Waals surface area contributed by atoms with E-state index in [4.69, 9.17) is 4.99 Å². The van der Waals surface area contributed by atoms with E-state index < -0.39 is 0 Å². The van der Waals surface area contributed by atoms with Crippen LogP contribution in [0.5, 0.6) is 0 Å². The van der Waals surface area contributed by atoms with Gasteiger partial charge in [0.25, 0.3) is 0 Å². The molecular weight excluding hydrogens is 328 g/mol. The molecule has 4 heteroatoms. The first kappa shape index (κ1) is 17.1. The largest absolute Gasteiger partial charge is 0.342 e. The molecule has 1 aromatic carbocycles. The van der Waals surface area contributed by atoms with Crippen molar-refractivity contribution in [2.45, 2.75) is 76.3 Å². The summed E-state index contributed by atoms with van der Waals surface area (Å²) in [7, 11) is 0. The molecule has 4 rings (SSSR count). The Labute approximate surface area is 155 Å². The van der Waals surface area contributed by atoms with Gasteiger partial charge in [-0.3, -0.25) is 4.79 Å². The molecule has 134 valence electrons. The van der Waals surface area contributed by atoms with Crippen molar-refractivity contribution in [2.24, 2.45) is 4.99 Å². The number of nitrogens with zero attached hydrogens (tertiary/aromatic N) is 2. The number of rotatable bonds is 4. The summed E-state index contributed by atoms with van der Waals surface area (Å²) in [5.74, 6) is 1.20. The minimum Gasteiger partial charge on any atom is -0.342 e. The van der Waals surface area contributed by atoms with Crippen molar-refractivity contribution in [3.05, 3.63) is 29.3 Å². The van der Waals surface area contributed by atoms with Crippen LogP contribution in [0.15, 0.2) is 23.2 Å². The van der Waals surface area contributed by atoms with Gasteiger partial charge in [-0.05, 0) is 55.9 Å². The van der Waals surface area contributed by atoms with Crippen LogP contribution in [0.25, 0.3) is 0 Å². The second kappa shape index (κ2) is 7.14. The van der Waals surface area contributed by atoms with Gasteiger partial charge in [0.15, 0.2) is 5.17 Å². The van der Waals surface area contributed by atoms with E-state index in [0.29, 0.717) is 11.6 Å². The molecule has 0 N–H and O–H groups in total. The third-order valence-corrected chi connectivity index (χ3v) is 7.48. The van der Waals surface area contributed by atoms with Gasteiger partial charge in [0.1, 0.15) is 6.29 Å². The fourth-order valence-electron chi connectivity index (χ4n) is 4.93. The van der Waals surface area contributed by atoms with E-state index in [9.17, 15) is 4.79 Å². The zero-order chi connectivity index (χ0) is 17.3. The SMILES string of the molecule is CCc1cc(C=O)ccc1N=C1SCC2(CCCC2)N1C1CCCC1. The number of aldehydes is 1. The Balaban J connectivity index is 1.70. The van der Waals surface area contributed by atoms with Gasteiger partial charge in [-0.15, -0.1) is 0 Å². The molecule has 1 spiro atoms. The highest BCUT2D eigenvalue weighted by Crippen LogP contribution is 2.48. The molecule has 0 aromatic heterocycles. The Hall–Kier alpha value is -1.29. The minimum atomic E-state index is 0.369. The van der Waals surface area contributed by atoms with Crippen LogP contribution in [0.3, 0.4) is 0 Å². The second-order valence-corrected chi connectivity index (χ2v) is 8.72. The van der Waals surface area contributed by atoms with Gasteiger partial charge in [0.05, 0.1) is 11.2 Å². The molecule has 0 atom stereocenters. The summed E-state index contributed by atoms with van der Waals surface area (Å²) in [5, 5.41) is 1.24. The van der Waals surface area contributed by atoms with Gasteiger partial charge >= 0.3 is 0 Å². The first-order valence-electron chi connectivity index (χ1n) is 9.85. The lowest BCUT2D eigenvalue weighted by Gasteiger charge is -2.40. The van der Waals surface area contributed by atoms with E-state index in [1.54, 1.807) is 0 Å². The van der Waals surface area contributed by atoms with Gasteiger partial charge in [0.2, 0.25) is 0 Å². The van der Waals surface area contributed by atoms with Crippen molar-refractivity contribution in [2.75, 3.05) is 5.75 Å². The molecule has 0 radical (unpaired) electrons. The van der Waals surface area contributed by atoms with Gasteiger partial charge in [-0.1, -0.05) is 44.4 Å². The molecule has 3 fully saturated rings. The minimum absolute atomic E-state index is 0.369. The van der Waals surface area contributed by atoms with Crippen LogP contribution in [0.2, 0.25) is 0 Å². The molecule has 2 saturated carbocycles. The number of carbonyl (C=O) groups is 1. The van der Waals surface area contributed by atoms with Crippen molar-refractivity contribution in [3.63, 3.8) is 0 Å². The lowest BCUT2D eigenvalue weighted by Crippen LogP contribution is -2.50. The molecule has 1 saturated heterocycles. The Morgan fingerprint density at radius 1 is 1.24 bits per heavy atom. The molecule has 25 heavy (non-hydrogen) atoms. The van der Waals surface area contributed by atoms with Crippen molar-refractivity contribution in [3.8, 4) is 0 Å². The summed E-state index contributed by atoms with van der Waals surface area (Å²) in [6.45, 7) is 2.14. The van der Waals surface area contributed by atoms with E-state index >= 15 is 0 Å². The number of aryl methyl sites for hydroxylation is 1. The van der Waals surface area contributed by atoms with Crippen LogP contribution in [0.4, 0.5) is 5.69 Å². The van der Waals surface area contributed by atoms with Crippen LogP contribution in [0, 0.1) is 0 Å². The molecule has 3 nitrogen and oxygen atoms in total. The zero-order valence-electron chi connectivity index (χ0n) is 15.2. The van der Waals surface area contributed by atoms with Crippen molar-refractivity contribution >= 4 is 28.9 Å². The summed E-state index contributed by atoms with van der Waals surface area (Å²) in [6.07, 6.45) is 12.6. The fourth-order valence-corrected chi connectivity index (χ4v) is 6.40. The number of carbonyl (C=O) groups excluding carboxylic acids is 1. The van der Waals surface area contributed by atoms with Crippen LogP contribution < -0.4 is 0 Å². The molecular formula is C21H28N2OS. The van der Waals surface area contributed by atoms with Crippen molar-refractivity contribution < 1.29 is 4.79 Å². The highest BCUT2D eigenvalue weighted by molar-refractivity contribution is 8.14. The van der Waals surface area contributed by atoms with Crippen molar-refractivity contribution in [1.82, 2.24) is 4.90 Å².